The number of hydrogen-bond donors (Lipinski definition) is 0. The van der Waals surface area contributed by atoms with E-state index in [-0.39, 0.29) is 0 Å². The Labute approximate surface area is 154 Å². The standard InChI is InChI=1S/C19H26N6O/c1-13-10-14(2)25(22-13)18-12-17(20-15(3)21-18)23-6-8-24(9-7-23)19(26)11-16-4-5-16/h10,12,16H,4-9,11H2,1-3H3. The largest absolute Gasteiger partial charge is 0.353 e. The quantitative estimate of drug-likeness (QED) is 0.840. The van der Waals surface area contributed by atoms with Gasteiger partial charge < -0.3 is 9.80 Å². The van der Waals surface area contributed by atoms with E-state index in [1.807, 2.05) is 42.5 Å². The summed E-state index contributed by atoms with van der Waals surface area (Å²) in [4.78, 5) is 25.7. The highest BCUT2D eigenvalue weighted by Crippen LogP contribution is 2.33. The van der Waals surface area contributed by atoms with Gasteiger partial charge in [-0.25, -0.2) is 14.6 Å². The molecule has 0 radical (unpaired) electrons. The van der Waals surface area contributed by atoms with Crippen LogP contribution in [0.5, 0.6) is 0 Å². The minimum Gasteiger partial charge on any atom is -0.353 e. The molecule has 7 nitrogen and oxygen atoms in total. The summed E-state index contributed by atoms with van der Waals surface area (Å²) in [7, 11) is 0. The molecule has 0 N–H and O–H groups in total. The van der Waals surface area contributed by atoms with Crippen molar-refractivity contribution in [1.29, 1.82) is 0 Å². The molecule has 3 heterocycles. The van der Waals surface area contributed by atoms with Crippen LogP contribution in [0, 0.1) is 26.7 Å². The van der Waals surface area contributed by atoms with E-state index in [0.717, 1.165) is 61.4 Å². The van der Waals surface area contributed by atoms with Crippen molar-refractivity contribution in [1.82, 2.24) is 24.6 Å². The maximum absolute atomic E-state index is 12.3. The Kier molecular flexibility index (Phi) is 4.38. The summed E-state index contributed by atoms with van der Waals surface area (Å²) in [6.45, 7) is 9.08. The van der Waals surface area contributed by atoms with E-state index in [1.165, 1.54) is 12.8 Å². The van der Waals surface area contributed by atoms with Crippen LogP contribution < -0.4 is 4.90 Å². The summed E-state index contributed by atoms with van der Waals surface area (Å²) >= 11 is 0. The van der Waals surface area contributed by atoms with Crippen molar-refractivity contribution in [3.05, 3.63) is 29.3 Å². The Morgan fingerprint density at radius 2 is 1.73 bits per heavy atom. The second-order valence-electron chi connectivity index (χ2n) is 7.49. The first-order valence-electron chi connectivity index (χ1n) is 9.41. The van der Waals surface area contributed by atoms with Crippen LogP contribution in [0.25, 0.3) is 5.82 Å². The van der Waals surface area contributed by atoms with Crippen LogP contribution in [0.4, 0.5) is 5.82 Å². The second-order valence-corrected chi connectivity index (χ2v) is 7.49. The molecule has 4 rings (SSSR count). The van der Waals surface area contributed by atoms with Crippen LogP contribution in [-0.2, 0) is 4.79 Å². The van der Waals surface area contributed by atoms with E-state index in [1.54, 1.807) is 0 Å². The van der Waals surface area contributed by atoms with Crippen molar-refractivity contribution in [2.75, 3.05) is 31.1 Å². The van der Waals surface area contributed by atoms with Gasteiger partial charge in [0.05, 0.1) is 5.69 Å². The number of hydrogen-bond acceptors (Lipinski definition) is 5. The van der Waals surface area contributed by atoms with E-state index >= 15 is 0 Å². The monoisotopic (exact) mass is 354 g/mol. The minimum atomic E-state index is 0.314. The van der Waals surface area contributed by atoms with Crippen molar-refractivity contribution in [2.24, 2.45) is 5.92 Å². The predicted molar refractivity (Wildman–Crippen MR) is 99.5 cm³/mol. The van der Waals surface area contributed by atoms with Crippen LogP contribution in [-0.4, -0.2) is 56.7 Å². The topological polar surface area (TPSA) is 67.2 Å². The fourth-order valence-corrected chi connectivity index (χ4v) is 3.55. The lowest BCUT2D eigenvalue weighted by atomic mass is 10.2. The maximum Gasteiger partial charge on any atom is 0.222 e. The van der Waals surface area contributed by atoms with Gasteiger partial charge in [-0.2, -0.15) is 5.10 Å². The number of rotatable bonds is 4. The van der Waals surface area contributed by atoms with Gasteiger partial charge in [0.25, 0.3) is 0 Å². The molecule has 138 valence electrons. The molecule has 1 saturated carbocycles. The number of anilines is 1. The third-order valence-corrected chi connectivity index (χ3v) is 5.15. The highest BCUT2D eigenvalue weighted by atomic mass is 16.2. The number of carbonyl (C=O) groups is 1. The average Bonchev–Trinajstić information content (AvgIpc) is 3.36. The fourth-order valence-electron chi connectivity index (χ4n) is 3.55. The number of amides is 1. The van der Waals surface area contributed by atoms with Gasteiger partial charge in [-0.15, -0.1) is 0 Å². The molecule has 0 unspecified atom stereocenters. The van der Waals surface area contributed by atoms with Gasteiger partial charge in [0.1, 0.15) is 11.6 Å². The van der Waals surface area contributed by atoms with Crippen LogP contribution in [0.2, 0.25) is 0 Å². The van der Waals surface area contributed by atoms with Crippen LogP contribution >= 0.6 is 0 Å². The van der Waals surface area contributed by atoms with Gasteiger partial charge in [0, 0.05) is 44.4 Å². The summed E-state index contributed by atoms with van der Waals surface area (Å²) in [6.07, 6.45) is 3.18. The average molecular weight is 354 g/mol. The molecular weight excluding hydrogens is 328 g/mol. The van der Waals surface area contributed by atoms with E-state index in [0.29, 0.717) is 11.8 Å². The summed E-state index contributed by atoms with van der Waals surface area (Å²) in [5.74, 6) is 3.40. The first-order chi connectivity index (χ1) is 12.5. The molecule has 1 aliphatic carbocycles. The molecule has 7 heteroatoms. The normalized spacial score (nSPS) is 17.7. The van der Waals surface area contributed by atoms with Crippen molar-refractivity contribution in [2.45, 2.75) is 40.0 Å². The molecule has 0 aromatic carbocycles. The predicted octanol–water partition coefficient (Wildman–Crippen LogP) is 2.04. The number of carbonyl (C=O) groups excluding carboxylic acids is 1. The number of aromatic nitrogens is 4. The van der Waals surface area contributed by atoms with Crippen LogP contribution in [0.15, 0.2) is 12.1 Å². The van der Waals surface area contributed by atoms with E-state index in [4.69, 9.17) is 0 Å². The summed E-state index contributed by atoms with van der Waals surface area (Å²) in [6, 6.07) is 4.04. The Morgan fingerprint density at radius 1 is 1.04 bits per heavy atom. The van der Waals surface area contributed by atoms with Crippen molar-refractivity contribution in [3.8, 4) is 5.82 Å². The molecule has 26 heavy (non-hydrogen) atoms. The van der Waals surface area contributed by atoms with Gasteiger partial charge in [-0.05, 0) is 45.6 Å². The van der Waals surface area contributed by atoms with Gasteiger partial charge in [-0.3, -0.25) is 4.79 Å². The molecule has 2 aliphatic rings. The zero-order chi connectivity index (χ0) is 18.3. The minimum absolute atomic E-state index is 0.314. The van der Waals surface area contributed by atoms with E-state index in [9.17, 15) is 4.79 Å². The zero-order valence-electron chi connectivity index (χ0n) is 15.8. The Bertz CT molecular complexity index is 817. The van der Waals surface area contributed by atoms with Crippen LogP contribution in [0.3, 0.4) is 0 Å². The Balaban J connectivity index is 1.48. The highest BCUT2D eigenvalue weighted by Gasteiger charge is 2.29. The molecule has 2 fully saturated rings. The molecule has 0 bridgehead atoms. The number of piperazine rings is 1. The SMILES string of the molecule is Cc1cc(C)n(-c2cc(N3CCN(C(=O)CC4CC4)CC3)nc(C)n2)n1. The number of nitrogens with zero attached hydrogens (tertiary/aromatic N) is 6. The Hall–Kier alpha value is -2.44. The number of aryl methyl sites for hydroxylation is 3. The van der Waals surface area contributed by atoms with Crippen molar-refractivity contribution < 1.29 is 4.79 Å². The fraction of sp³-hybridized carbons (Fsp3) is 0.579. The van der Waals surface area contributed by atoms with Gasteiger partial charge in [0.15, 0.2) is 5.82 Å². The molecular formula is C19H26N6O. The van der Waals surface area contributed by atoms with E-state index in [2.05, 4.69) is 20.0 Å². The highest BCUT2D eigenvalue weighted by molar-refractivity contribution is 5.77. The molecule has 1 saturated heterocycles. The first-order valence-corrected chi connectivity index (χ1v) is 9.41. The van der Waals surface area contributed by atoms with Crippen LogP contribution in [0.1, 0.15) is 36.5 Å². The maximum atomic E-state index is 12.3. The lowest BCUT2D eigenvalue weighted by Crippen LogP contribution is -2.49. The van der Waals surface area contributed by atoms with Gasteiger partial charge in [0.2, 0.25) is 5.91 Å². The summed E-state index contributed by atoms with van der Waals surface area (Å²) < 4.78 is 1.86. The van der Waals surface area contributed by atoms with Gasteiger partial charge in [-0.1, -0.05) is 0 Å². The molecule has 0 spiro atoms. The zero-order valence-corrected chi connectivity index (χ0v) is 15.8. The Morgan fingerprint density at radius 3 is 2.35 bits per heavy atom. The molecule has 1 amide bonds. The smallest absolute Gasteiger partial charge is 0.222 e. The third-order valence-electron chi connectivity index (χ3n) is 5.15. The lowest BCUT2D eigenvalue weighted by molar-refractivity contribution is -0.131. The van der Waals surface area contributed by atoms with Gasteiger partial charge >= 0.3 is 0 Å². The third kappa shape index (κ3) is 3.57. The van der Waals surface area contributed by atoms with E-state index < -0.39 is 0 Å². The lowest BCUT2D eigenvalue weighted by Gasteiger charge is -2.35. The van der Waals surface area contributed by atoms with Crippen molar-refractivity contribution >= 4 is 11.7 Å². The molecule has 2 aromatic heterocycles. The molecule has 0 atom stereocenters. The summed E-state index contributed by atoms with van der Waals surface area (Å²) in [5, 5.41) is 4.53. The summed E-state index contributed by atoms with van der Waals surface area (Å²) in [5.41, 5.74) is 2.03. The first kappa shape index (κ1) is 17.0. The van der Waals surface area contributed by atoms with Crippen molar-refractivity contribution in [3.63, 3.8) is 0 Å². The second kappa shape index (κ2) is 6.70. The molecule has 1 aliphatic heterocycles. The molecule has 2 aromatic rings.